The van der Waals surface area contributed by atoms with Crippen molar-refractivity contribution >= 4 is 5.82 Å². The number of alkyl halides is 3. The predicted octanol–water partition coefficient (Wildman–Crippen LogP) is 2.81. The Bertz CT molecular complexity index is 591. The van der Waals surface area contributed by atoms with Crippen LogP contribution in [-0.2, 0) is 12.7 Å². The molecule has 0 unspecified atom stereocenters. The lowest BCUT2D eigenvalue weighted by molar-refractivity contribution is -0.137. The van der Waals surface area contributed by atoms with E-state index in [1.54, 1.807) is 4.68 Å². The van der Waals surface area contributed by atoms with Crippen LogP contribution in [0.25, 0.3) is 11.4 Å². The summed E-state index contributed by atoms with van der Waals surface area (Å²) in [6.45, 7) is 2.52. The molecule has 108 valence electrons. The number of halogens is 3. The molecule has 0 atom stereocenters. The summed E-state index contributed by atoms with van der Waals surface area (Å²) in [5.41, 5.74) is -0.0897. The minimum atomic E-state index is -4.42. The highest BCUT2D eigenvalue weighted by Gasteiger charge is 2.32. The Morgan fingerprint density at radius 3 is 2.65 bits per heavy atom. The van der Waals surface area contributed by atoms with Crippen molar-refractivity contribution in [1.82, 2.24) is 20.0 Å². The molecule has 0 spiro atoms. The molecule has 0 amide bonds. The minimum absolute atomic E-state index is 0.152. The summed E-state index contributed by atoms with van der Waals surface area (Å²) in [5, 5.41) is 10.2. The molecule has 0 fully saturated rings. The van der Waals surface area contributed by atoms with Crippen LogP contribution in [0.1, 0.15) is 18.9 Å². The third kappa shape index (κ3) is 2.89. The average Bonchev–Trinajstić information content (AvgIpc) is 2.86. The van der Waals surface area contributed by atoms with Gasteiger partial charge in [-0.3, -0.25) is 0 Å². The standard InChI is InChI=1S/C12H14F3N5/c1-3-4-20-10(7-17-19-20)9-5-8(12(13,14)15)6-11(16-2)18-9/h5-7H,3-4H2,1-2H3,(H,16,18). The maximum Gasteiger partial charge on any atom is 0.416 e. The van der Waals surface area contributed by atoms with Gasteiger partial charge in [0.25, 0.3) is 0 Å². The first-order valence-corrected chi connectivity index (χ1v) is 6.11. The average molecular weight is 285 g/mol. The molecule has 2 heterocycles. The van der Waals surface area contributed by atoms with Crippen molar-refractivity contribution in [2.24, 2.45) is 0 Å². The number of pyridine rings is 1. The number of rotatable bonds is 4. The lowest BCUT2D eigenvalue weighted by Gasteiger charge is -2.11. The zero-order valence-corrected chi connectivity index (χ0v) is 11.1. The summed E-state index contributed by atoms with van der Waals surface area (Å²) in [4.78, 5) is 4.14. The molecular formula is C12H14F3N5. The van der Waals surface area contributed by atoms with Gasteiger partial charge in [0.05, 0.1) is 17.5 Å². The van der Waals surface area contributed by atoms with Gasteiger partial charge in [-0.25, -0.2) is 9.67 Å². The molecular weight excluding hydrogens is 271 g/mol. The highest BCUT2D eigenvalue weighted by molar-refractivity contribution is 5.58. The fourth-order valence-corrected chi connectivity index (χ4v) is 1.79. The molecule has 2 aromatic heterocycles. The smallest absolute Gasteiger partial charge is 0.373 e. The van der Waals surface area contributed by atoms with Crippen molar-refractivity contribution in [3.8, 4) is 11.4 Å². The van der Waals surface area contributed by atoms with Crippen LogP contribution in [0.3, 0.4) is 0 Å². The lowest BCUT2D eigenvalue weighted by Crippen LogP contribution is -2.09. The molecule has 20 heavy (non-hydrogen) atoms. The lowest BCUT2D eigenvalue weighted by atomic mass is 10.2. The fourth-order valence-electron chi connectivity index (χ4n) is 1.79. The van der Waals surface area contributed by atoms with Gasteiger partial charge in [0.2, 0.25) is 0 Å². The van der Waals surface area contributed by atoms with Crippen molar-refractivity contribution in [3.05, 3.63) is 23.9 Å². The summed E-state index contributed by atoms with van der Waals surface area (Å²) in [5.74, 6) is 0.152. The zero-order chi connectivity index (χ0) is 14.8. The molecule has 0 aliphatic heterocycles. The van der Waals surface area contributed by atoms with E-state index in [0.29, 0.717) is 12.2 Å². The summed E-state index contributed by atoms with van der Waals surface area (Å²) in [7, 11) is 1.52. The second-order valence-corrected chi connectivity index (χ2v) is 4.22. The first-order valence-electron chi connectivity index (χ1n) is 6.11. The van der Waals surface area contributed by atoms with Crippen molar-refractivity contribution in [2.45, 2.75) is 26.1 Å². The number of nitrogens with one attached hydrogen (secondary N) is 1. The number of aryl methyl sites for hydroxylation is 1. The Kier molecular flexibility index (Phi) is 3.91. The van der Waals surface area contributed by atoms with Crippen molar-refractivity contribution in [1.29, 1.82) is 0 Å². The highest BCUT2D eigenvalue weighted by Crippen LogP contribution is 2.33. The van der Waals surface area contributed by atoms with Crippen molar-refractivity contribution < 1.29 is 13.2 Å². The number of hydrogen-bond donors (Lipinski definition) is 1. The molecule has 0 aliphatic rings. The predicted molar refractivity (Wildman–Crippen MR) is 68.1 cm³/mol. The van der Waals surface area contributed by atoms with E-state index in [9.17, 15) is 13.2 Å². The highest BCUT2D eigenvalue weighted by atomic mass is 19.4. The van der Waals surface area contributed by atoms with Gasteiger partial charge in [0.1, 0.15) is 11.5 Å². The van der Waals surface area contributed by atoms with Gasteiger partial charge in [0.15, 0.2) is 0 Å². The maximum atomic E-state index is 12.9. The van der Waals surface area contributed by atoms with Gasteiger partial charge in [0, 0.05) is 13.6 Å². The van der Waals surface area contributed by atoms with Gasteiger partial charge in [-0.15, -0.1) is 5.10 Å². The van der Waals surface area contributed by atoms with Crippen LogP contribution in [0, 0.1) is 0 Å². The first-order chi connectivity index (χ1) is 9.45. The van der Waals surface area contributed by atoms with Crippen LogP contribution in [0.15, 0.2) is 18.3 Å². The molecule has 0 saturated heterocycles. The largest absolute Gasteiger partial charge is 0.416 e. The molecule has 0 aliphatic carbocycles. The quantitative estimate of drug-likeness (QED) is 0.938. The van der Waals surface area contributed by atoms with E-state index in [4.69, 9.17) is 0 Å². The molecule has 0 bridgehead atoms. The van der Waals surface area contributed by atoms with E-state index in [2.05, 4.69) is 20.6 Å². The molecule has 0 aromatic carbocycles. The summed E-state index contributed by atoms with van der Waals surface area (Å²) < 4.78 is 40.2. The van der Waals surface area contributed by atoms with Crippen LogP contribution in [-0.4, -0.2) is 27.0 Å². The van der Waals surface area contributed by atoms with Crippen molar-refractivity contribution in [3.63, 3.8) is 0 Å². The molecule has 0 radical (unpaired) electrons. The third-order valence-electron chi connectivity index (χ3n) is 2.72. The van der Waals surface area contributed by atoms with Crippen LogP contribution in [0.2, 0.25) is 0 Å². The van der Waals surface area contributed by atoms with Gasteiger partial charge in [-0.2, -0.15) is 13.2 Å². The number of aromatic nitrogens is 4. The Morgan fingerprint density at radius 1 is 1.30 bits per heavy atom. The van der Waals surface area contributed by atoms with Crippen LogP contribution >= 0.6 is 0 Å². The Balaban J connectivity index is 2.53. The van der Waals surface area contributed by atoms with E-state index >= 15 is 0 Å². The SMILES string of the molecule is CCCn1nncc1-c1cc(C(F)(F)F)cc(NC)n1. The second-order valence-electron chi connectivity index (χ2n) is 4.22. The topological polar surface area (TPSA) is 55.6 Å². The summed E-state index contributed by atoms with van der Waals surface area (Å²) in [6, 6.07) is 1.98. The van der Waals surface area contributed by atoms with Crippen molar-refractivity contribution in [2.75, 3.05) is 12.4 Å². The third-order valence-corrected chi connectivity index (χ3v) is 2.72. The van der Waals surface area contributed by atoms with E-state index in [1.807, 2.05) is 6.92 Å². The number of nitrogens with zero attached hydrogens (tertiary/aromatic N) is 4. The number of hydrogen-bond acceptors (Lipinski definition) is 4. The summed E-state index contributed by atoms with van der Waals surface area (Å²) in [6.07, 6.45) is -2.21. The fraction of sp³-hybridized carbons (Fsp3) is 0.417. The van der Waals surface area contributed by atoms with E-state index in [0.717, 1.165) is 18.6 Å². The molecule has 2 rings (SSSR count). The normalized spacial score (nSPS) is 11.7. The van der Waals surface area contributed by atoms with E-state index < -0.39 is 11.7 Å². The van der Waals surface area contributed by atoms with Gasteiger partial charge in [-0.1, -0.05) is 12.1 Å². The Morgan fingerprint density at radius 2 is 2.05 bits per heavy atom. The van der Waals surface area contributed by atoms with Crippen LogP contribution < -0.4 is 5.32 Å². The molecule has 8 heteroatoms. The molecule has 5 nitrogen and oxygen atoms in total. The van der Waals surface area contributed by atoms with Crippen LogP contribution in [0.4, 0.5) is 19.0 Å². The maximum absolute atomic E-state index is 12.9. The van der Waals surface area contributed by atoms with Crippen LogP contribution in [0.5, 0.6) is 0 Å². The molecule has 1 N–H and O–H groups in total. The second kappa shape index (κ2) is 5.48. The molecule has 2 aromatic rings. The molecule has 0 saturated carbocycles. The zero-order valence-electron chi connectivity index (χ0n) is 11.1. The van der Waals surface area contributed by atoms with Gasteiger partial charge < -0.3 is 5.32 Å². The first kappa shape index (κ1) is 14.3. The Labute approximate surface area is 113 Å². The Hall–Kier alpha value is -2.12. The van der Waals surface area contributed by atoms with Gasteiger partial charge in [-0.05, 0) is 18.6 Å². The van der Waals surface area contributed by atoms with E-state index in [-0.39, 0.29) is 11.5 Å². The van der Waals surface area contributed by atoms with E-state index in [1.165, 1.54) is 13.2 Å². The minimum Gasteiger partial charge on any atom is -0.373 e. The summed E-state index contributed by atoms with van der Waals surface area (Å²) >= 11 is 0. The monoisotopic (exact) mass is 285 g/mol. The van der Waals surface area contributed by atoms with Gasteiger partial charge >= 0.3 is 6.18 Å². The number of anilines is 1.